The van der Waals surface area contributed by atoms with Gasteiger partial charge in [-0.2, -0.15) is 0 Å². The van der Waals surface area contributed by atoms with Crippen molar-refractivity contribution in [2.24, 2.45) is 11.8 Å². The first-order chi connectivity index (χ1) is 16.0. The standard InChI is InChI=1S/C26H32N4O3/c1-28(2)26(33)23-20(16-31)22-15-30-21(24(23)29(22)14-17-10-12-27-13-11-17)9-8-19(25(30)32)18-6-4-3-5-7-18/h6,8-13,20,22-24,31H,3-5,7,14-16H2,1-2H3/t20-,22-,23+,24+/m1/s1. The lowest BCUT2D eigenvalue weighted by Crippen LogP contribution is -2.46. The van der Waals surface area contributed by atoms with Crippen molar-refractivity contribution in [2.75, 3.05) is 20.7 Å². The van der Waals surface area contributed by atoms with Gasteiger partial charge in [0.05, 0.1) is 12.0 Å². The Bertz CT molecular complexity index is 1120. The molecule has 2 aromatic rings. The molecule has 7 heteroatoms. The summed E-state index contributed by atoms with van der Waals surface area (Å²) in [4.78, 5) is 35.0. The lowest BCUT2D eigenvalue weighted by Gasteiger charge is -2.38. The molecule has 174 valence electrons. The van der Waals surface area contributed by atoms with E-state index in [1.165, 1.54) is 6.42 Å². The average Bonchev–Trinajstić information content (AvgIpc) is 3.04. The molecule has 1 aliphatic carbocycles. The van der Waals surface area contributed by atoms with Crippen LogP contribution in [0.4, 0.5) is 0 Å². The molecule has 0 radical (unpaired) electrons. The number of rotatable bonds is 5. The monoisotopic (exact) mass is 448 g/mol. The zero-order valence-electron chi connectivity index (χ0n) is 19.4. The number of carbonyl (C=O) groups excluding carboxylic acids is 1. The molecule has 2 bridgehead atoms. The maximum Gasteiger partial charge on any atom is 0.258 e. The van der Waals surface area contributed by atoms with E-state index in [9.17, 15) is 14.7 Å². The van der Waals surface area contributed by atoms with E-state index in [1.54, 1.807) is 31.4 Å². The third-order valence-corrected chi connectivity index (χ3v) is 7.65. The van der Waals surface area contributed by atoms with Crippen molar-refractivity contribution in [1.82, 2.24) is 19.4 Å². The minimum absolute atomic E-state index is 0.00115. The Hall–Kier alpha value is -2.77. The van der Waals surface area contributed by atoms with Crippen molar-refractivity contribution < 1.29 is 9.90 Å². The first-order valence-corrected chi connectivity index (χ1v) is 11.9. The molecular weight excluding hydrogens is 416 g/mol. The largest absolute Gasteiger partial charge is 0.396 e. The molecule has 1 saturated heterocycles. The molecule has 1 N–H and O–H groups in total. The van der Waals surface area contributed by atoms with E-state index in [0.717, 1.165) is 41.7 Å². The maximum absolute atomic E-state index is 13.6. The molecule has 1 amide bonds. The van der Waals surface area contributed by atoms with E-state index < -0.39 is 5.92 Å². The SMILES string of the molecule is CN(C)C(=O)[C@H]1[C@H](CO)[C@H]2Cn3c(ccc(C4=CCCCC4)c3=O)[C@@H]1N2Cc1ccncc1. The highest BCUT2D eigenvalue weighted by Crippen LogP contribution is 2.49. The normalized spacial score (nSPS) is 26.6. The fourth-order valence-electron chi connectivity index (χ4n) is 6.05. The predicted octanol–water partition coefficient (Wildman–Crippen LogP) is 2.45. The van der Waals surface area contributed by atoms with Crippen LogP contribution in [0.2, 0.25) is 0 Å². The van der Waals surface area contributed by atoms with E-state index in [1.807, 2.05) is 28.8 Å². The summed E-state index contributed by atoms with van der Waals surface area (Å²) < 4.78 is 1.88. The smallest absolute Gasteiger partial charge is 0.258 e. The van der Waals surface area contributed by atoms with Crippen molar-refractivity contribution in [1.29, 1.82) is 0 Å². The number of aliphatic hydroxyl groups is 1. The van der Waals surface area contributed by atoms with Crippen LogP contribution in [0.3, 0.4) is 0 Å². The summed E-state index contributed by atoms with van der Waals surface area (Å²) in [6, 6.07) is 7.61. The van der Waals surface area contributed by atoms with Gasteiger partial charge in [0.1, 0.15) is 0 Å². The number of aliphatic hydroxyl groups excluding tert-OH is 1. The number of amides is 1. The predicted molar refractivity (Wildman–Crippen MR) is 126 cm³/mol. The molecule has 1 fully saturated rings. The zero-order chi connectivity index (χ0) is 23.1. The molecule has 0 aromatic carbocycles. The van der Waals surface area contributed by atoms with Crippen molar-refractivity contribution in [3.63, 3.8) is 0 Å². The van der Waals surface area contributed by atoms with Crippen molar-refractivity contribution in [3.8, 4) is 0 Å². The van der Waals surface area contributed by atoms with E-state index in [-0.39, 0.29) is 36.1 Å². The molecule has 3 aliphatic rings. The van der Waals surface area contributed by atoms with E-state index >= 15 is 0 Å². The van der Waals surface area contributed by atoms with Gasteiger partial charge < -0.3 is 14.6 Å². The number of carbonyl (C=O) groups is 1. The molecule has 0 unspecified atom stereocenters. The van der Waals surface area contributed by atoms with Crippen LogP contribution in [-0.2, 0) is 17.9 Å². The van der Waals surface area contributed by atoms with Crippen molar-refractivity contribution >= 4 is 11.5 Å². The third kappa shape index (κ3) is 3.73. The number of pyridine rings is 2. The van der Waals surface area contributed by atoms with Crippen LogP contribution in [-0.4, -0.2) is 57.1 Å². The van der Waals surface area contributed by atoms with Gasteiger partial charge in [-0.05, 0) is 61.1 Å². The number of hydrogen-bond acceptors (Lipinski definition) is 5. The van der Waals surface area contributed by atoms with E-state index in [0.29, 0.717) is 13.1 Å². The molecule has 0 spiro atoms. The fraction of sp³-hybridized carbons (Fsp3) is 0.500. The summed E-state index contributed by atoms with van der Waals surface area (Å²) in [5.74, 6) is -0.630. The molecule has 33 heavy (non-hydrogen) atoms. The number of fused-ring (bicyclic) bond motifs is 4. The Labute approximate surface area is 194 Å². The van der Waals surface area contributed by atoms with Gasteiger partial charge in [-0.25, -0.2) is 0 Å². The van der Waals surface area contributed by atoms with Crippen LogP contribution in [0.1, 0.15) is 48.5 Å². The van der Waals surface area contributed by atoms with Gasteiger partial charge in [0.15, 0.2) is 0 Å². The van der Waals surface area contributed by atoms with E-state index in [2.05, 4.69) is 16.0 Å². The van der Waals surface area contributed by atoms with Crippen LogP contribution in [0.25, 0.3) is 5.57 Å². The highest BCUT2D eigenvalue weighted by atomic mass is 16.3. The molecule has 7 nitrogen and oxygen atoms in total. The summed E-state index contributed by atoms with van der Waals surface area (Å²) in [5.41, 5.74) is 3.95. The third-order valence-electron chi connectivity index (χ3n) is 7.65. The van der Waals surface area contributed by atoms with Gasteiger partial charge in [0.2, 0.25) is 5.91 Å². The number of hydrogen-bond donors (Lipinski definition) is 1. The topological polar surface area (TPSA) is 78.7 Å². The highest BCUT2D eigenvalue weighted by Gasteiger charge is 2.56. The molecule has 2 aromatic heterocycles. The Morgan fingerprint density at radius 3 is 2.64 bits per heavy atom. The van der Waals surface area contributed by atoms with Crippen molar-refractivity contribution in [2.45, 2.75) is 50.9 Å². The zero-order valence-corrected chi connectivity index (χ0v) is 19.4. The maximum atomic E-state index is 13.6. The summed E-state index contributed by atoms with van der Waals surface area (Å²) in [6.45, 7) is 1.05. The highest BCUT2D eigenvalue weighted by molar-refractivity contribution is 5.80. The minimum Gasteiger partial charge on any atom is -0.396 e. The van der Waals surface area contributed by atoms with Crippen LogP contribution in [0, 0.1) is 11.8 Å². The first kappa shape index (κ1) is 22.0. The second-order valence-electron chi connectivity index (χ2n) is 9.71. The summed E-state index contributed by atoms with van der Waals surface area (Å²) in [5, 5.41) is 10.4. The molecule has 5 rings (SSSR count). The summed E-state index contributed by atoms with van der Waals surface area (Å²) in [7, 11) is 3.52. The Morgan fingerprint density at radius 1 is 1.18 bits per heavy atom. The van der Waals surface area contributed by atoms with Gasteiger partial charge in [-0.1, -0.05) is 6.08 Å². The van der Waals surface area contributed by atoms with E-state index in [4.69, 9.17) is 0 Å². The molecule has 0 saturated carbocycles. The molecule has 4 atom stereocenters. The second-order valence-corrected chi connectivity index (χ2v) is 9.71. The van der Waals surface area contributed by atoms with Gasteiger partial charge in [-0.3, -0.25) is 19.5 Å². The second kappa shape index (κ2) is 8.88. The van der Waals surface area contributed by atoms with Crippen LogP contribution in [0.5, 0.6) is 0 Å². The van der Waals surface area contributed by atoms with Gasteiger partial charge in [-0.15, -0.1) is 0 Å². The fourth-order valence-corrected chi connectivity index (χ4v) is 6.05. The Balaban J connectivity index is 1.62. The summed E-state index contributed by atoms with van der Waals surface area (Å²) in [6.07, 6.45) is 10.0. The van der Waals surface area contributed by atoms with Gasteiger partial charge >= 0.3 is 0 Å². The summed E-state index contributed by atoms with van der Waals surface area (Å²) >= 11 is 0. The molecule has 2 aliphatic heterocycles. The number of aromatic nitrogens is 2. The average molecular weight is 449 g/mol. The van der Waals surface area contributed by atoms with Gasteiger partial charge in [0, 0.05) is 69.4 Å². The minimum atomic E-state index is -0.398. The first-order valence-electron chi connectivity index (χ1n) is 11.9. The number of nitrogens with zero attached hydrogens (tertiary/aromatic N) is 4. The molecule has 4 heterocycles. The lowest BCUT2D eigenvalue weighted by atomic mass is 9.86. The Morgan fingerprint density at radius 2 is 1.97 bits per heavy atom. The van der Waals surface area contributed by atoms with Crippen molar-refractivity contribution in [3.05, 3.63) is 69.9 Å². The number of allylic oxidation sites excluding steroid dienone is 2. The van der Waals surface area contributed by atoms with Crippen LogP contribution >= 0.6 is 0 Å². The quantitative estimate of drug-likeness (QED) is 0.760. The lowest BCUT2D eigenvalue weighted by molar-refractivity contribution is -0.135. The van der Waals surface area contributed by atoms with Gasteiger partial charge in [0.25, 0.3) is 5.56 Å². The molecular formula is C26H32N4O3. The van der Waals surface area contributed by atoms with Crippen LogP contribution < -0.4 is 5.56 Å². The van der Waals surface area contributed by atoms with Crippen LogP contribution in [0.15, 0.2) is 47.5 Å². The Kier molecular flexibility index (Phi) is 5.93.